The Labute approximate surface area is 150 Å². The Hall–Kier alpha value is -1.05. The third-order valence-corrected chi connectivity index (χ3v) is 5.38. The third-order valence-electron chi connectivity index (χ3n) is 5.38. The van der Waals surface area contributed by atoms with Crippen LogP contribution in [-0.4, -0.2) is 23.3 Å². The van der Waals surface area contributed by atoms with E-state index in [1.165, 1.54) is 24.1 Å². The van der Waals surface area contributed by atoms with Gasteiger partial charge in [0.25, 0.3) is 0 Å². The molecule has 0 aromatic rings. The Balaban J connectivity index is 2.91. The zero-order valence-corrected chi connectivity index (χ0v) is 17.0. The summed E-state index contributed by atoms with van der Waals surface area (Å²) in [6.45, 7) is 22.6. The van der Waals surface area contributed by atoms with Crippen molar-refractivity contribution in [1.82, 2.24) is 4.90 Å². The van der Waals surface area contributed by atoms with Crippen LogP contribution in [0.15, 0.2) is 24.4 Å². The Morgan fingerprint density at radius 3 is 2.42 bits per heavy atom. The Morgan fingerprint density at radius 1 is 1.29 bits per heavy atom. The Bertz CT molecular complexity index is 457. The lowest BCUT2D eigenvalue weighted by atomic mass is 9.82. The van der Waals surface area contributed by atoms with Crippen molar-refractivity contribution in [1.29, 1.82) is 0 Å². The average Bonchev–Trinajstić information content (AvgIpc) is 2.94. The Morgan fingerprint density at radius 2 is 1.92 bits per heavy atom. The molecule has 1 saturated heterocycles. The predicted molar refractivity (Wildman–Crippen MR) is 105 cm³/mol. The first-order valence-electron chi connectivity index (χ1n) is 9.72. The molecule has 138 valence electrons. The molecule has 0 saturated carbocycles. The second-order valence-corrected chi connectivity index (χ2v) is 8.93. The van der Waals surface area contributed by atoms with E-state index in [-0.39, 0.29) is 11.5 Å². The van der Waals surface area contributed by atoms with Crippen molar-refractivity contribution in [3.05, 3.63) is 24.4 Å². The van der Waals surface area contributed by atoms with Gasteiger partial charge in [0.1, 0.15) is 0 Å². The van der Waals surface area contributed by atoms with Gasteiger partial charge < -0.3 is 4.90 Å². The molecule has 0 N–H and O–H groups in total. The van der Waals surface area contributed by atoms with Gasteiger partial charge in [0.15, 0.2) is 5.78 Å². The number of unbranched alkanes of at least 4 members (excludes halogenated alkanes) is 1. The van der Waals surface area contributed by atoms with Crippen molar-refractivity contribution >= 4 is 5.78 Å². The van der Waals surface area contributed by atoms with E-state index in [4.69, 9.17) is 0 Å². The van der Waals surface area contributed by atoms with Gasteiger partial charge in [0.05, 0.1) is 6.04 Å². The summed E-state index contributed by atoms with van der Waals surface area (Å²) < 4.78 is 0. The standard InChI is InChI=1S/C22H39NO/c1-9-10-12-19(17(4)16(2)3)18(5)23-14-11-13-20(23)21(24)15-22(6,7)8/h17,19-20H,2,5,9-15H2,1,3-4,6-8H3. The van der Waals surface area contributed by atoms with Crippen molar-refractivity contribution in [2.75, 3.05) is 6.54 Å². The second kappa shape index (κ2) is 8.87. The van der Waals surface area contributed by atoms with E-state index in [2.05, 4.69) is 59.6 Å². The first-order valence-corrected chi connectivity index (χ1v) is 9.72. The number of hydrogen-bond donors (Lipinski definition) is 0. The van der Waals surface area contributed by atoms with Crippen LogP contribution in [0.2, 0.25) is 0 Å². The molecule has 1 aliphatic heterocycles. The molecule has 0 bridgehead atoms. The smallest absolute Gasteiger partial charge is 0.155 e. The van der Waals surface area contributed by atoms with Crippen LogP contribution in [0.1, 0.15) is 80.1 Å². The average molecular weight is 334 g/mol. The van der Waals surface area contributed by atoms with Crippen molar-refractivity contribution in [3.63, 3.8) is 0 Å². The van der Waals surface area contributed by atoms with Gasteiger partial charge in [-0.05, 0) is 37.5 Å². The zero-order valence-electron chi connectivity index (χ0n) is 17.0. The first kappa shape index (κ1) is 21.0. The quantitative estimate of drug-likeness (QED) is 0.483. The zero-order chi connectivity index (χ0) is 18.5. The molecule has 0 spiro atoms. The molecule has 1 heterocycles. The minimum Gasteiger partial charge on any atom is -0.365 e. The van der Waals surface area contributed by atoms with Crippen LogP contribution in [0, 0.1) is 17.3 Å². The molecule has 0 aromatic heterocycles. The lowest BCUT2D eigenvalue weighted by Gasteiger charge is -2.36. The Kier molecular flexibility index (Phi) is 7.76. The highest BCUT2D eigenvalue weighted by molar-refractivity contribution is 5.85. The molecule has 1 rings (SSSR count). The molecular weight excluding hydrogens is 294 g/mol. The highest BCUT2D eigenvalue weighted by atomic mass is 16.1. The summed E-state index contributed by atoms with van der Waals surface area (Å²) in [6, 6.07) is 0.0400. The largest absolute Gasteiger partial charge is 0.365 e. The first-order chi connectivity index (χ1) is 11.1. The summed E-state index contributed by atoms with van der Waals surface area (Å²) in [5.41, 5.74) is 2.44. The molecule has 0 amide bonds. The van der Waals surface area contributed by atoms with Crippen molar-refractivity contribution in [2.24, 2.45) is 17.3 Å². The molecule has 2 nitrogen and oxygen atoms in total. The van der Waals surface area contributed by atoms with Gasteiger partial charge in [0.2, 0.25) is 0 Å². The fraction of sp³-hybridized carbons (Fsp3) is 0.773. The SMILES string of the molecule is C=C(C)C(C)C(CCCC)C(=C)N1CCCC1C(=O)CC(C)(C)C. The van der Waals surface area contributed by atoms with E-state index < -0.39 is 0 Å². The number of allylic oxidation sites excluding steroid dienone is 2. The van der Waals surface area contributed by atoms with Crippen molar-refractivity contribution in [2.45, 2.75) is 86.1 Å². The van der Waals surface area contributed by atoms with E-state index in [0.717, 1.165) is 25.8 Å². The summed E-state index contributed by atoms with van der Waals surface area (Å²) in [5, 5.41) is 0. The van der Waals surface area contributed by atoms with Gasteiger partial charge in [-0.3, -0.25) is 4.79 Å². The van der Waals surface area contributed by atoms with Crippen LogP contribution in [0.5, 0.6) is 0 Å². The van der Waals surface area contributed by atoms with Crippen LogP contribution in [0.25, 0.3) is 0 Å². The lowest BCUT2D eigenvalue weighted by Crippen LogP contribution is -2.39. The highest BCUT2D eigenvalue weighted by Gasteiger charge is 2.36. The third kappa shape index (κ3) is 5.79. The number of hydrogen-bond acceptors (Lipinski definition) is 2. The van der Waals surface area contributed by atoms with Crippen LogP contribution in [-0.2, 0) is 4.79 Å². The molecule has 2 heteroatoms. The van der Waals surface area contributed by atoms with Gasteiger partial charge in [-0.1, -0.05) is 66.2 Å². The molecule has 3 atom stereocenters. The van der Waals surface area contributed by atoms with Crippen molar-refractivity contribution in [3.8, 4) is 0 Å². The molecule has 0 radical (unpaired) electrons. The van der Waals surface area contributed by atoms with Gasteiger partial charge in [-0.2, -0.15) is 0 Å². The fourth-order valence-electron chi connectivity index (χ4n) is 3.77. The van der Waals surface area contributed by atoms with E-state index in [0.29, 0.717) is 24.0 Å². The number of likely N-dealkylation sites (tertiary alicyclic amines) is 1. The topological polar surface area (TPSA) is 20.3 Å². The van der Waals surface area contributed by atoms with Crippen LogP contribution >= 0.6 is 0 Å². The summed E-state index contributed by atoms with van der Waals surface area (Å²) in [4.78, 5) is 15.1. The van der Waals surface area contributed by atoms with Gasteiger partial charge in [-0.15, -0.1) is 0 Å². The number of carbonyl (C=O) groups excluding carboxylic acids is 1. The maximum Gasteiger partial charge on any atom is 0.155 e. The van der Waals surface area contributed by atoms with Gasteiger partial charge in [0, 0.05) is 24.6 Å². The van der Waals surface area contributed by atoms with E-state index in [1.54, 1.807) is 0 Å². The lowest BCUT2D eigenvalue weighted by molar-refractivity contribution is -0.124. The summed E-state index contributed by atoms with van der Waals surface area (Å²) in [5.74, 6) is 1.21. The van der Waals surface area contributed by atoms with E-state index >= 15 is 0 Å². The monoisotopic (exact) mass is 333 g/mol. The minimum atomic E-state index is 0.0400. The molecule has 24 heavy (non-hydrogen) atoms. The molecule has 1 aliphatic rings. The van der Waals surface area contributed by atoms with Crippen LogP contribution in [0.4, 0.5) is 0 Å². The maximum absolute atomic E-state index is 12.8. The normalized spacial score (nSPS) is 20.8. The number of ketones is 1. The van der Waals surface area contributed by atoms with Crippen LogP contribution < -0.4 is 0 Å². The molecule has 3 unspecified atom stereocenters. The molecular formula is C22H39NO. The summed E-state index contributed by atoms with van der Waals surface area (Å²) in [6.07, 6.45) is 6.27. The minimum absolute atomic E-state index is 0.0400. The summed E-state index contributed by atoms with van der Waals surface area (Å²) in [7, 11) is 0. The number of carbonyl (C=O) groups is 1. The predicted octanol–water partition coefficient (Wildman–Crippen LogP) is 5.99. The number of nitrogens with zero attached hydrogens (tertiary/aromatic N) is 1. The number of Topliss-reactive ketones (excluding diaryl/α,β-unsaturated/α-hetero) is 1. The molecule has 1 fully saturated rings. The van der Waals surface area contributed by atoms with E-state index in [1.807, 2.05) is 0 Å². The fourth-order valence-corrected chi connectivity index (χ4v) is 3.77. The molecule has 0 aromatic carbocycles. The highest BCUT2D eigenvalue weighted by Crippen LogP contribution is 2.36. The molecule has 0 aliphatic carbocycles. The summed E-state index contributed by atoms with van der Waals surface area (Å²) >= 11 is 0. The van der Waals surface area contributed by atoms with Gasteiger partial charge >= 0.3 is 0 Å². The van der Waals surface area contributed by atoms with Crippen molar-refractivity contribution < 1.29 is 4.79 Å². The van der Waals surface area contributed by atoms with Gasteiger partial charge in [-0.25, -0.2) is 0 Å². The van der Waals surface area contributed by atoms with Crippen LogP contribution in [0.3, 0.4) is 0 Å². The number of rotatable bonds is 9. The second-order valence-electron chi connectivity index (χ2n) is 8.93. The van der Waals surface area contributed by atoms with E-state index in [9.17, 15) is 4.79 Å². The maximum atomic E-state index is 12.8.